The number of aryl methyl sites for hydroxylation is 6. The molecule has 0 aliphatic rings. The maximum Gasteiger partial charge on any atom is 0.414 e. The Labute approximate surface area is 458 Å². The summed E-state index contributed by atoms with van der Waals surface area (Å²) in [5, 5.41) is 21.7. The van der Waals surface area contributed by atoms with Gasteiger partial charge in [-0.3, -0.25) is 19.3 Å². The van der Waals surface area contributed by atoms with Crippen LogP contribution in [0.25, 0.3) is 63.8 Å². The average Bonchev–Trinajstić information content (AvgIpc) is 4.45. The molecule has 78 heavy (non-hydrogen) atoms. The van der Waals surface area contributed by atoms with Crippen molar-refractivity contribution in [3.05, 3.63) is 154 Å². The third-order valence-corrected chi connectivity index (χ3v) is 16.0. The predicted octanol–water partition coefficient (Wildman–Crippen LogP) is 9.10. The Morgan fingerprint density at radius 3 is 1.38 bits per heavy atom. The molecule has 0 saturated heterocycles. The van der Waals surface area contributed by atoms with Gasteiger partial charge in [0.1, 0.15) is 22.2 Å². The summed E-state index contributed by atoms with van der Waals surface area (Å²) in [7, 11) is 9.15. The zero-order chi connectivity index (χ0) is 55.5. The minimum absolute atomic E-state index is 0.0901. The molecule has 12 aromatic rings. The number of fused-ring (bicyclic) bond motifs is 9. The van der Waals surface area contributed by atoms with E-state index in [-0.39, 0.29) is 23.2 Å². The molecule has 0 unspecified atom stereocenters. The topological polar surface area (TPSA) is 226 Å². The van der Waals surface area contributed by atoms with Crippen LogP contribution in [-0.2, 0) is 45.5 Å². The van der Waals surface area contributed by atoms with E-state index in [9.17, 15) is 19.2 Å². The van der Waals surface area contributed by atoms with Gasteiger partial charge in [-0.25, -0.2) is 33.8 Å². The second-order valence-corrected chi connectivity index (χ2v) is 23.5. The highest BCUT2D eigenvalue weighted by Crippen LogP contribution is 2.33. The van der Waals surface area contributed by atoms with Gasteiger partial charge in [-0.05, 0) is 94.6 Å². The monoisotopic (exact) mass is 1100 g/mol. The van der Waals surface area contributed by atoms with Crippen molar-refractivity contribution >= 4 is 121 Å². The number of anilines is 3. The molecule has 0 fully saturated rings. The largest absolute Gasteiger partial charge is 0.443 e. The number of nitrogens with one attached hydrogen (secondary N) is 1. The van der Waals surface area contributed by atoms with Crippen LogP contribution in [0.2, 0.25) is 0 Å². The van der Waals surface area contributed by atoms with Crippen LogP contribution in [0.5, 0.6) is 0 Å². The molecule has 9 heterocycles. The zero-order valence-corrected chi connectivity index (χ0v) is 47.4. The molecule has 12 rings (SSSR count). The molecular formula is C55H57N15O5S3. The smallest absolute Gasteiger partial charge is 0.414 e. The Hall–Kier alpha value is -8.54. The van der Waals surface area contributed by atoms with Crippen molar-refractivity contribution in [1.29, 1.82) is 0 Å². The van der Waals surface area contributed by atoms with Crippen molar-refractivity contribution in [1.82, 2.24) is 58.0 Å². The van der Waals surface area contributed by atoms with Gasteiger partial charge in [-0.15, -0.1) is 34.0 Å². The molecule has 3 aromatic carbocycles. The fourth-order valence-electron chi connectivity index (χ4n) is 9.35. The molecule has 23 heteroatoms. The maximum absolute atomic E-state index is 13.2. The van der Waals surface area contributed by atoms with Crippen LogP contribution in [0.1, 0.15) is 52.5 Å². The standard InChI is InChI=1S/C22H25N5O3S.C17H17N5OS.C16H15N5OS/c1-13-24-19-18(31-13)16-11-23-27(20(28)17(16)26(19)6)12-14-8-7-9-15(10-14)25(5)21(29)30-22(2,3)4;1-10-20-16-15(24-10)13-8-19-22(17(23)14(13)21(16)3)9-11-5-4-6-12(7-11)18-2;1-9-19-15-14(23-9)12-7-18-21(16(22)13(12)20(15)2)8-10-4-3-5-11(17)6-10/h7-11H,12H2,1-6H3;4-8,18H,9H2,1-3H3;3-7H,8,17H2,1-2H3. The van der Waals surface area contributed by atoms with Gasteiger partial charge >= 0.3 is 6.09 Å². The minimum atomic E-state index is -0.578. The predicted molar refractivity (Wildman–Crippen MR) is 314 cm³/mol. The number of benzene rings is 3. The van der Waals surface area contributed by atoms with E-state index < -0.39 is 11.7 Å². The number of carbonyl (C=O) groups excluding carboxylic acids is 1. The van der Waals surface area contributed by atoms with Crippen LogP contribution in [0.4, 0.5) is 21.9 Å². The Bertz CT molecular complexity index is 4480. The normalized spacial score (nSPS) is 11.7. The van der Waals surface area contributed by atoms with Crippen molar-refractivity contribution in [2.24, 2.45) is 21.1 Å². The van der Waals surface area contributed by atoms with E-state index in [4.69, 9.17) is 10.5 Å². The summed E-state index contributed by atoms with van der Waals surface area (Å²) >= 11 is 4.75. The second kappa shape index (κ2) is 20.8. The molecule has 0 aliphatic carbocycles. The lowest BCUT2D eigenvalue weighted by molar-refractivity contribution is 0.0589. The van der Waals surface area contributed by atoms with Crippen LogP contribution in [-0.4, -0.2) is 83.8 Å². The van der Waals surface area contributed by atoms with E-state index in [1.54, 1.807) is 59.6 Å². The molecule has 1 amide bonds. The Morgan fingerprint density at radius 1 is 0.603 bits per heavy atom. The first-order chi connectivity index (χ1) is 37.2. The lowest BCUT2D eigenvalue weighted by Crippen LogP contribution is -2.34. The van der Waals surface area contributed by atoms with Gasteiger partial charge in [0, 0.05) is 68.5 Å². The summed E-state index contributed by atoms with van der Waals surface area (Å²) < 4.78 is 18.4. The van der Waals surface area contributed by atoms with Gasteiger partial charge in [0.05, 0.1) is 67.3 Å². The van der Waals surface area contributed by atoms with Crippen LogP contribution < -0.4 is 32.6 Å². The van der Waals surface area contributed by atoms with Crippen molar-refractivity contribution in [3.8, 4) is 0 Å². The molecule has 0 atom stereocenters. The summed E-state index contributed by atoms with van der Waals surface area (Å²) in [6.07, 6.45) is 4.82. The maximum atomic E-state index is 13.2. The number of thiazole rings is 3. The Balaban J connectivity index is 0.000000134. The van der Waals surface area contributed by atoms with Gasteiger partial charge in [-0.2, -0.15) is 15.3 Å². The molecule has 0 radical (unpaired) electrons. The van der Waals surface area contributed by atoms with Gasteiger partial charge in [0.15, 0.2) is 16.9 Å². The minimum Gasteiger partial charge on any atom is -0.443 e. The summed E-state index contributed by atoms with van der Waals surface area (Å²) in [5.74, 6) is 0. The van der Waals surface area contributed by atoms with Crippen LogP contribution in [0.3, 0.4) is 0 Å². The van der Waals surface area contributed by atoms with Gasteiger partial charge < -0.3 is 29.5 Å². The number of carbonyl (C=O) groups is 1. The second-order valence-electron chi connectivity index (χ2n) is 19.8. The van der Waals surface area contributed by atoms with Crippen LogP contribution in [0.15, 0.2) is 106 Å². The van der Waals surface area contributed by atoms with E-state index in [1.807, 2.05) is 156 Å². The number of ether oxygens (including phenoxy) is 1. The third kappa shape index (κ3) is 10.1. The van der Waals surface area contributed by atoms with Crippen molar-refractivity contribution in [3.63, 3.8) is 0 Å². The summed E-state index contributed by atoms with van der Waals surface area (Å²) in [4.78, 5) is 66.3. The van der Waals surface area contributed by atoms with Crippen LogP contribution >= 0.6 is 34.0 Å². The Kier molecular flexibility index (Phi) is 14.1. The van der Waals surface area contributed by atoms with Gasteiger partial charge in [-0.1, -0.05) is 36.4 Å². The molecule has 20 nitrogen and oxygen atoms in total. The molecule has 0 spiro atoms. The van der Waals surface area contributed by atoms with Crippen molar-refractivity contribution in [2.75, 3.05) is 30.0 Å². The molecule has 3 N–H and O–H groups in total. The SMILES string of the molecule is CNc1cccc(Cn2ncc3c4sc(C)nc4n(C)c3c2=O)c1.Cc1nc2c(s1)c1cnn(Cc3cccc(N(C)C(=O)OC(C)(C)C)c3)c(=O)c1n2C.Cc1nc2c(s1)c1cnn(Cc3cccc(N)c3)c(=O)c1n2C. The van der Waals surface area contributed by atoms with E-state index >= 15 is 0 Å². The fraction of sp³-hybridized carbons (Fsp3) is 0.273. The molecule has 400 valence electrons. The quantitative estimate of drug-likeness (QED) is 0.136. The number of nitrogens with zero attached hydrogens (tertiary/aromatic N) is 13. The van der Waals surface area contributed by atoms with E-state index in [0.29, 0.717) is 41.0 Å². The van der Waals surface area contributed by atoms with Gasteiger partial charge in [0.2, 0.25) is 0 Å². The first-order valence-electron chi connectivity index (χ1n) is 24.8. The number of nitrogen functional groups attached to an aromatic ring is 1. The number of rotatable bonds is 8. The van der Waals surface area contributed by atoms with Crippen LogP contribution in [0, 0.1) is 20.8 Å². The lowest BCUT2D eigenvalue weighted by atomic mass is 10.2. The molecule has 0 bridgehead atoms. The van der Waals surface area contributed by atoms with E-state index in [0.717, 1.165) is 84.6 Å². The molecule has 0 aliphatic heterocycles. The molecule has 0 saturated carbocycles. The number of nitrogens with two attached hydrogens (primary N) is 1. The zero-order valence-electron chi connectivity index (χ0n) is 44.9. The van der Waals surface area contributed by atoms with Crippen molar-refractivity contribution < 1.29 is 9.53 Å². The lowest BCUT2D eigenvalue weighted by Gasteiger charge is -2.25. The average molecular weight is 1100 g/mol. The molecular weight excluding hydrogens is 1050 g/mol. The number of hydrogen-bond acceptors (Lipinski definition) is 16. The first-order valence-corrected chi connectivity index (χ1v) is 27.2. The van der Waals surface area contributed by atoms with Gasteiger partial charge in [0.25, 0.3) is 16.7 Å². The fourth-order valence-corrected chi connectivity index (χ4v) is 12.2. The molecule has 9 aromatic heterocycles. The highest BCUT2D eigenvalue weighted by Gasteiger charge is 2.23. The summed E-state index contributed by atoms with van der Waals surface area (Å²) in [5.41, 5.74) is 14.4. The highest BCUT2D eigenvalue weighted by atomic mass is 32.1. The number of amides is 1. The number of hydrogen-bond donors (Lipinski definition) is 2. The van der Waals surface area contributed by atoms with E-state index in [2.05, 4.69) is 35.6 Å². The Morgan fingerprint density at radius 2 is 0.987 bits per heavy atom. The number of aromatic nitrogens is 12. The highest BCUT2D eigenvalue weighted by molar-refractivity contribution is 7.20. The summed E-state index contributed by atoms with van der Waals surface area (Å²) in [6.45, 7) is 12.5. The third-order valence-electron chi connectivity index (χ3n) is 13.0. The first kappa shape index (κ1) is 52.9. The van der Waals surface area contributed by atoms with E-state index in [1.165, 1.54) is 18.9 Å². The summed E-state index contributed by atoms with van der Waals surface area (Å²) in [6, 6.07) is 22.9. The van der Waals surface area contributed by atoms with Crippen molar-refractivity contribution in [2.45, 2.75) is 66.8 Å².